The minimum Gasteiger partial charge on any atom is -0.506 e. The molecule has 0 saturated heterocycles. The lowest BCUT2D eigenvalue weighted by atomic mass is 9.97. The third-order valence-electron chi connectivity index (χ3n) is 7.72. The van der Waals surface area contributed by atoms with Crippen molar-refractivity contribution in [3.63, 3.8) is 0 Å². The van der Waals surface area contributed by atoms with Crippen LogP contribution >= 0.6 is 23.1 Å². The Kier molecular flexibility index (Phi) is 8.41. The summed E-state index contributed by atoms with van der Waals surface area (Å²) < 4.78 is 34.1. The summed E-state index contributed by atoms with van der Waals surface area (Å²) in [6, 6.07) is 24.8. The molecule has 44 heavy (non-hydrogen) atoms. The summed E-state index contributed by atoms with van der Waals surface area (Å²) in [6.07, 6.45) is 3.40. The molecule has 1 atom stereocenters. The predicted octanol–water partition coefficient (Wildman–Crippen LogP) is 8.89. The van der Waals surface area contributed by atoms with Crippen LogP contribution < -0.4 is 4.72 Å². The molecule has 10 heteroatoms. The zero-order valence-corrected chi connectivity index (χ0v) is 27.5. The molecule has 4 aromatic carbocycles. The van der Waals surface area contributed by atoms with Gasteiger partial charge >= 0.3 is 0 Å². The Hall–Kier alpha value is -3.86. The van der Waals surface area contributed by atoms with Crippen molar-refractivity contribution in [1.82, 2.24) is 14.8 Å². The van der Waals surface area contributed by atoms with Crippen molar-refractivity contribution in [1.29, 1.82) is 0 Å². The number of fused-ring (bicyclic) bond motifs is 2. The average Bonchev–Trinajstić information content (AvgIpc) is 3.54. The van der Waals surface area contributed by atoms with Gasteiger partial charge in [-0.1, -0.05) is 87.0 Å². The molecule has 6 rings (SSSR count). The van der Waals surface area contributed by atoms with Crippen LogP contribution in [-0.2, 0) is 16.4 Å². The quantitative estimate of drug-likeness (QED) is 0.145. The van der Waals surface area contributed by atoms with E-state index in [0.717, 1.165) is 26.7 Å². The first-order valence-electron chi connectivity index (χ1n) is 14.6. The van der Waals surface area contributed by atoms with Crippen molar-refractivity contribution < 1.29 is 13.5 Å². The fraction of sp³-hybridized carbons (Fsp3) is 0.235. The molecule has 0 radical (unpaired) electrons. The van der Waals surface area contributed by atoms with Crippen molar-refractivity contribution >= 4 is 59.8 Å². The van der Waals surface area contributed by atoms with Crippen LogP contribution in [0.2, 0.25) is 0 Å². The van der Waals surface area contributed by atoms with E-state index in [-0.39, 0.29) is 10.6 Å². The molecule has 2 aromatic heterocycles. The number of aromatic hydroxyl groups is 1. The van der Waals surface area contributed by atoms with Gasteiger partial charge in [0.1, 0.15) is 10.6 Å². The number of nitrogens with zero attached hydrogens (tertiary/aromatic N) is 3. The summed E-state index contributed by atoms with van der Waals surface area (Å²) >= 11 is 2.90. The topological polar surface area (TPSA) is 97.1 Å². The number of aromatic nitrogens is 3. The number of hydrogen-bond donors (Lipinski definition) is 2. The van der Waals surface area contributed by atoms with Gasteiger partial charge in [-0.2, -0.15) is 5.10 Å². The van der Waals surface area contributed by atoms with Gasteiger partial charge < -0.3 is 5.11 Å². The molecular formula is C34H34N4O3S3. The fourth-order valence-corrected chi connectivity index (χ4v) is 9.39. The highest BCUT2D eigenvalue weighted by Gasteiger charge is 2.27. The van der Waals surface area contributed by atoms with Crippen molar-refractivity contribution in [3.8, 4) is 11.4 Å². The van der Waals surface area contributed by atoms with E-state index >= 15 is 0 Å². The molecule has 2 heterocycles. The first kappa shape index (κ1) is 30.2. The van der Waals surface area contributed by atoms with E-state index in [1.165, 1.54) is 30.2 Å². The van der Waals surface area contributed by atoms with Crippen LogP contribution in [0.5, 0.6) is 5.75 Å². The lowest BCUT2D eigenvalue weighted by Gasteiger charge is -2.15. The molecular weight excluding hydrogens is 609 g/mol. The number of benzene rings is 4. The molecule has 0 aliphatic rings. The summed E-state index contributed by atoms with van der Waals surface area (Å²) in [6.45, 7) is 7.95. The van der Waals surface area contributed by atoms with E-state index in [0.29, 0.717) is 38.7 Å². The molecule has 7 nitrogen and oxygen atoms in total. The van der Waals surface area contributed by atoms with Gasteiger partial charge in [-0.05, 0) is 62.1 Å². The van der Waals surface area contributed by atoms with Gasteiger partial charge in [0.2, 0.25) is 0 Å². The fourth-order valence-electron chi connectivity index (χ4n) is 5.74. The van der Waals surface area contributed by atoms with E-state index in [9.17, 15) is 13.5 Å². The van der Waals surface area contributed by atoms with Crippen molar-refractivity contribution in [2.24, 2.45) is 5.92 Å². The number of nitrogens with one attached hydrogen (secondary N) is 1. The van der Waals surface area contributed by atoms with Gasteiger partial charge in [-0.3, -0.25) is 4.72 Å². The summed E-state index contributed by atoms with van der Waals surface area (Å²) in [4.78, 5) is 5.46. The van der Waals surface area contributed by atoms with E-state index in [1.807, 2.05) is 42.5 Å². The number of aryl methyl sites for hydroxylation is 1. The minimum atomic E-state index is -4.03. The van der Waals surface area contributed by atoms with Crippen LogP contribution in [0.4, 0.5) is 5.69 Å². The summed E-state index contributed by atoms with van der Waals surface area (Å²) in [7, 11) is -4.03. The molecule has 0 aliphatic heterocycles. The van der Waals surface area contributed by atoms with E-state index in [4.69, 9.17) is 4.98 Å². The van der Waals surface area contributed by atoms with Gasteiger partial charge in [-0.25, -0.2) is 18.1 Å². The van der Waals surface area contributed by atoms with Gasteiger partial charge in [0.05, 0.1) is 37.9 Å². The summed E-state index contributed by atoms with van der Waals surface area (Å²) in [5, 5.41) is 17.0. The zero-order valence-electron chi connectivity index (χ0n) is 25.0. The minimum absolute atomic E-state index is 0.0890. The summed E-state index contributed by atoms with van der Waals surface area (Å²) in [5.74, 6) is 0.711. The van der Waals surface area contributed by atoms with Crippen molar-refractivity contribution in [3.05, 3.63) is 95.8 Å². The Labute approximate surface area is 266 Å². The second-order valence-electron chi connectivity index (χ2n) is 11.2. The Morgan fingerprint density at radius 3 is 2.48 bits per heavy atom. The monoisotopic (exact) mass is 642 g/mol. The Morgan fingerprint density at radius 1 is 1.00 bits per heavy atom. The van der Waals surface area contributed by atoms with E-state index in [1.54, 1.807) is 48.1 Å². The van der Waals surface area contributed by atoms with Gasteiger partial charge in [0, 0.05) is 10.8 Å². The van der Waals surface area contributed by atoms with Crippen LogP contribution in [-0.4, -0.2) is 28.3 Å². The van der Waals surface area contributed by atoms with E-state index < -0.39 is 10.0 Å². The SMILES string of the molecule is CCCC(C)Cc1ccc2nc(Sc3cc(NS(=O)(=O)c4c(C)nn(-c5ccccc5)c4C)c4ccccc4c3O)sc2c1. The molecule has 0 aliphatic carbocycles. The number of rotatable bonds is 10. The van der Waals surface area contributed by atoms with Gasteiger partial charge in [-0.15, -0.1) is 11.3 Å². The molecule has 2 N–H and O–H groups in total. The highest BCUT2D eigenvalue weighted by atomic mass is 32.2. The molecule has 0 spiro atoms. The van der Waals surface area contributed by atoms with Gasteiger partial charge in [0.25, 0.3) is 10.0 Å². The molecule has 0 bridgehead atoms. The number of sulfonamides is 1. The third kappa shape index (κ3) is 5.94. The van der Waals surface area contributed by atoms with Gasteiger partial charge in [0.15, 0.2) is 4.34 Å². The second-order valence-corrected chi connectivity index (χ2v) is 15.1. The first-order chi connectivity index (χ1) is 21.1. The predicted molar refractivity (Wildman–Crippen MR) is 181 cm³/mol. The molecule has 0 fully saturated rings. The number of para-hydroxylation sites is 1. The van der Waals surface area contributed by atoms with Crippen molar-refractivity contribution in [2.45, 2.75) is 61.1 Å². The Bertz CT molecular complexity index is 2090. The second kappa shape index (κ2) is 12.3. The molecule has 6 aromatic rings. The summed E-state index contributed by atoms with van der Waals surface area (Å²) in [5.41, 5.74) is 4.27. The Balaban J connectivity index is 1.35. The molecule has 1 unspecified atom stereocenters. The number of thiazole rings is 1. The number of hydrogen-bond acceptors (Lipinski definition) is 7. The first-order valence-corrected chi connectivity index (χ1v) is 17.7. The van der Waals surface area contributed by atoms with Crippen LogP contribution in [0.1, 0.15) is 43.6 Å². The largest absolute Gasteiger partial charge is 0.506 e. The maximum Gasteiger partial charge on any atom is 0.265 e. The molecule has 226 valence electrons. The van der Waals surface area contributed by atoms with Crippen LogP contribution in [0.25, 0.3) is 26.7 Å². The zero-order chi connectivity index (χ0) is 31.0. The van der Waals surface area contributed by atoms with Crippen LogP contribution in [0, 0.1) is 19.8 Å². The lowest BCUT2D eigenvalue weighted by molar-refractivity contribution is 0.469. The van der Waals surface area contributed by atoms with E-state index in [2.05, 4.69) is 41.9 Å². The highest BCUT2D eigenvalue weighted by molar-refractivity contribution is 8.01. The number of phenols is 1. The van der Waals surface area contributed by atoms with Crippen LogP contribution in [0.3, 0.4) is 0 Å². The maximum absolute atomic E-state index is 13.9. The normalized spacial score (nSPS) is 12.6. The molecule has 0 saturated carbocycles. The number of phenolic OH excluding ortho intramolecular Hbond substituents is 1. The smallest absolute Gasteiger partial charge is 0.265 e. The Morgan fingerprint density at radius 2 is 1.73 bits per heavy atom. The van der Waals surface area contributed by atoms with Crippen molar-refractivity contribution in [2.75, 3.05) is 4.72 Å². The lowest BCUT2D eigenvalue weighted by Crippen LogP contribution is -2.15. The third-order valence-corrected chi connectivity index (χ3v) is 11.4. The average molecular weight is 643 g/mol. The van der Waals surface area contributed by atoms with Crippen LogP contribution in [0.15, 0.2) is 93.0 Å². The highest BCUT2D eigenvalue weighted by Crippen LogP contribution is 2.45. The maximum atomic E-state index is 13.9. The number of anilines is 1. The standard InChI is InChI=1S/C34H34N4O3S3/c1-5-11-21(2)18-24-16-17-28-30(19-24)42-34(35-28)43-31-20-29(26-14-9-10-15-27(26)32(31)39)37-44(40,41)33-22(3)36-38(23(33)4)25-12-7-6-8-13-25/h6-10,12-17,19-21,37,39H,5,11,18H2,1-4H3. The molecule has 0 amide bonds.